The number of thioether (sulfide) groups is 1. The molecule has 0 saturated carbocycles. The molecule has 0 bridgehead atoms. The minimum atomic E-state index is -3.69. The molecule has 3 aliphatic heterocycles. The number of benzene rings is 12. The quantitative estimate of drug-likeness (QED) is 0.152. The zero-order valence-electron chi connectivity index (χ0n) is 90.4. The van der Waals surface area contributed by atoms with Crippen LogP contribution in [-0.4, -0.2) is 8.42 Å². The van der Waals surface area contributed by atoms with Gasteiger partial charge in [0.1, 0.15) is 5.75 Å². The van der Waals surface area contributed by atoms with Crippen LogP contribution in [0, 0.1) is 249 Å². The van der Waals surface area contributed by atoms with Gasteiger partial charge in [0, 0.05) is 32.1 Å². The number of fused-ring (bicyclic) bond motifs is 30. The highest BCUT2D eigenvalue weighted by Crippen LogP contribution is 2.68. The van der Waals surface area contributed by atoms with Crippen molar-refractivity contribution in [3.63, 3.8) is 0 Å². The van der Waals surface area contributed by atoms with E-state index in [9.17, 15) is 8.42 Å². The van der Waals surface area contributed by atoms with E-state index in [4.69, 9.17) is 4.74 Å². The summed E-state index contributed by atoms with van der Waals surface area (Å²) in [5, 5.41) is 3.94. The molecule has 6 aliphatic carbocycles. The smallest absolute Gasteiger partial charge is 0.199 e. The van der Waals surface area contributed by atoms with Gasteiger partial charge >= 0.3 is 0 Å². The number of hydrogen-bond acceptors (Lipinski definition) is 4. The van der Waals surface area contributed by atoms with Crippen molar-refractivity contribution < 1.29 is 13.2 Å². The average Bonchev–Trinajstić information content (AvgIpc) is 1.54. The number of hydrogen-bond donors (Lipinski definition) is 0. The van der Waals surface area contributed by atoms with E-state index in [0.29, 0.717) is 4.90 Å². The van der Waals surface area contributed by atoms with Gasteiger partial charge in [-0.1, -0.05) is 114 Å². The second-order valence-electron chi connectivity index (χ2n) is 45.3. The molecule has 12 aromatic rings. The normalized spacial score (nSPS) is 16.6. The van der Waals surface area contributed by atoms with Crippen LogP contribution < -0.4 is 4.74 Å². The van der Waals surface area contributed by atoms with E-state index in [1.807, 2.05) is 24.1 Å². The summed E-state index contributed by atoms with van der Waals surface area (Å²) in [6.45, 7) is 97.8. The highest BCUT2D eigenvalue weighted by Gasteiger charge is 2.55. The van der Waals surface area contributed by atoms with Crippen LogP contribution in [-0.2, 0) is 42.3 Å². The first kappa shape index (κ1) is 95.1. The molecule has 12 aromatic carbocycles. The fourth-order valence-corrected chi connectivity index (χ4v) is 29.9. The first-order valence-corrected chi connectivity index (χ1v) is 52.6. The molecule has 0 amide bonds. The van der Waals surface area contributed by atoms with Crippen LogP contribution in [0.4, 0.5) is 0 Å². The Morgan fingerprint density at radius 3 is 0.730 bits per heavy atom. The predicted octanol–water partition coefficient (Wildman–Crippen LogP) is 34.8. The summed E-state index contributed by atoms with van der Waals surface area (Å²) in [6, 6.07) is 14.1. The molecule has 137 heavy (non-hydrogen) atoms. The maximum absolute atomic E-state index is 14.2. The van der Waals surface area contributed by atoms with Crippen molar-refractivity contribution in [1.29, 1.82) is 0 Å². The van der Waals surface area contributed by atoms with Gasteiger partial charge in [0.2, 0.25) is 0 Å². The van der Waals surface area contributed by atoms with E-state index in [1.54, 1.807) is 0 Å². The molecule has 0 atom stereocenters. The molecule has 702 valence electrons. The minimum Gasteiger partial charge on any atom is -0.465 e. The Balaban J connectivity index is 0.000000132. The fraction of sp³-hybridized carbons (Fsp3) is 0.364. The van der Waals surface area contributed by atoms with Gasteiger partial charge < -0.3 is 4.74 Å². The third-order valence-electron chi connectivity index (χ3n) is 38.7. The lowest BCUT2D eigenvalue weighted by atomic mass is 9.61. The Hall–Kier alpha value is -10.8. The Morgan fingerprint density at radius 2 is 0.445 bits per heavy atom. The molecule has 0 N–H and O–H groups in total. The summed E-state index contributed by atoms with van der Waals surface area (Å²) in [4.78, 5) is 1.81. The van der Waals surface area contributed by atoms with E-state index < -0.39 is 26.1 Å². The van der Waals surface area contributed by atoms with Gasteiger partial charge in [-0.2, -0.15) is 0 Å². The van der Waals surface area contributed by atoms with Crippen molar-refractivity contribution >= 4 is 39.8 Å². The van der Waals surface area contributed by atoms with Crippen molar-refractivity contribution in [2.24, 2.45) is 0 Å². The van der Waals surface area contributed by atoms with Gasteiger partial charge in [-0.3, -0.25) is 0 Å². The van der Waals surface area contributed by atoms with Crippen molar-refractivity contribution in [2.45, 2.75) is 333 Å². The van der Waals surface area contributed by atoms with Gasteiger partial charge in [-0.25, -0.2) is 8.42 Å². The lowest BCUT2D eigenvalue weighted by Gasteiger charge is -2.42. The Bertz CT molecular complexity index is 7430. The third kappa shape index (κ3) is 12.2. The van der Waals surface area contributed by atoms with E-state index in [2.05, 4.69) is 381 Å². The lowest BCUT2D eigenvalue weighted by Crippen LogP contribution is -2.35. The molecule has 5 heteroatoms. The highest BCUT2D eigenvalue weighted by atomic mass is 32.2. The van der Waals surface area contributed by atoms with E-state index in [0.717, 1.165) is 16.9 Å². The van der Waals surface area contributed by atoms with Gasteiger partial charge in [-0.05, 0) is 630 Å². The Kier molecular flexibility index (Phi) is 21.6. The zero-order chi connectivity index (χ0) is 99.7. The summed E-state index contributed by atoms with van der Waals surface area (Å²) in [6.07, 6.45) is 22.7. The largest absolute Gasteiger partial charge is 0.465 e. The first-order valence-electron chi connectivity index (χ1n) is 50.2. The number of allylic oxidation sites excluding steroid dienone is 6. The number of rotatable bonds is 0. The molecule has 3 nitrogen and oxygen atoms in total. The summed E-state index contributed by atoms with van der Waals surface area (Å²) in [5.41, 5.74) is 83.3. The van der Waals surface area contributed by atoms with Gasteiger partial charge in [0.15, 0.2) is 9.84 Å². The molecule has 0 fully saturated rings. The van der Waals surface area contributed by atoms with Crippen molar-refractivity contribution in [3.05, 3.63) is 374 Å². The molecule has 0 aromatic heterocycles. The van der Waals surface area contributed by atoms with Crippen LogP contribution in [0.5, 0.6) is 5.75 Å². The molecule has 3 spiro atoms. The fourth-order valence-electron chi connectivity index (χ4n) is 27.5. The minimum absolute atomic E-state index is 0.000439. The van der Waals surface area contributed by atoms with Crippen LogP contribution in [0.1, 0.15) is 325 Å². The number of sulfone groups is 1. The Morgan fingerprint density at radius 1 is 0.219 bits per heavy atom. The average molecular weight is 1840 g/mol. The summed E-state index contributed by atoms with van der Waals surface area (Å²) >= 11 is 1.89. The Labute approximate surface area is 826 Å². The third-order valence-corrected chi connectivity index (χ3v) is 41.0. The van der Waals surface area contributed by atoms with Crippen molar-refractivity contribution in [1.82, 2.24) is 0 Å². The van der Waals surface area contributed by atoms with Crippen LogP contribution in [0.2, 0.25) is 0 Å². The SMILES string of the molecule is Cc1c(C)c(C)c2c(c1C)-c1c(C)c(C)c(C)c(C)c1C1(C=COc3cc4c(cc31)C(C)(C)C=C4)c1c(C)c(C)c(C)c(C)c1-2.Cc1c(C)c(C)c2c(c1C)-c1c(C)c(C)c(C)c(C)c1C1(C=CS(=O)(=O)c3cc4c(cc31)C(C)(C)C=C4)c1c(C)c(C)c(C)c(C)c1-2.Cc1c(C)c(C)c2c(c1C)-c1c(C)c(C)c(C)c(C)c1C1(C=CSc3cc4c(cc31)C(C)(C)C=C4)c1c(C)c(C)c(C)c(C)c1-2. The maximum atomic E-state index is 14.2. The van der Waals surface area contributed by atoms with Crippen molar-refractivity contribution in [2.75, 3.05) is 0 Å². The zero-order valence-corrected chi connectivity index (χ0v) is 92.1. The van der Waals surface area contributed by atoms with Gasteiger partial charge in [0.05, 0.1) is 27.4 Å². The molecular weight excluding hydrogens is 1700 g/mol. The number of ether oxygens (including phenoxy) is 1. The summed E-state index contributed by atoms with van der Waals surface area (Å²) in [7, 11) is -3.69. The van der Waals surface area contributed by atoms with Gasteiger partial charge in [0.25, 0.3) is 0 Å². The molecule has 0 radical (unpaired) electrons. The molecule has 0 unspecified atom stereocenters. The lowest BCUT2D eigenvalue weighted by molar-refractivity contribution is 0.443. The molecule has 21 rings (SSSR count). The van der Waals surface area contributed by atoms with Gasteiger partial charge in [-0.15, -0.1) is 0 Å². The van der Waals surface area contributed by atoms with E-state index in [-0.39, 0.29) is 16.2 Å². The molecule has 0 saturated heterocycles. The summed E-state index contributed by atoms with van der Waals surface area (Å²) < 4.78 is 35.0. The van der Waals surface area contributed by atoms with Crippen LogP contribution in [0.3, 0.4) is 0 Å². The molecular formula is C132H144O3S2. The highest BCUT2D eigenvalue weighted by molar-refractivity contribution is 8.02. The van der Waals surface area contributed by atoms with Crippen LogP contribution in [0.15, 0.2) is 99.7 Å². The monoisotopic (exact) mass is 1840 g/mol. The first-order chi connectivity index (χ1) is 64.0. The molecule has 9 aliphatic rings. The van der Waals surface area contributed by atoms with Crippen LogP contribution in [0.25, 0.3) is 85.0 Å². The van der Waals surface area contributed by atoms with Crippen molar-refractivity contribution in [3.8, 4) is 72.5 Å². The van der Waals surface area contributed by atoms with E-state index >= 15 is 0 Å². The standard InChI is InChI=1S/C44H48O2S.C44H48O.C44H48S/c1-21-22(2)28(8)38-37(27(21)7)39-29(9)23(3)25(5)31(11)41(39)44(42-32(12)26(6)24(4)30(10)40(38)42)17-18-47(45,46)36-19-33-15-16-43(13,14)34(33)20-35(36)44;2*1-21-22(2)28(8)38-37(27(21)7)39-29(9)23(3)25(5)31(11)41(39)44(42-32(12)26(6)24(4)30(10)40(38)42)17-18-45-36-19-33-15-16-43(13,14)34(33)20-35(36)44/h15-20H,1-14H3;2*15-20H,1-14H3. The maximum Gasteiger partial charge on any atom is 0.199 e. The second kappa shape index (κ2) is 31.1. The predicted molar refractivity (Wildman–Crippen MR) is 589 cm³/mol. The van der Waals surface area contributed by atoms with E-state index in [1.165, 1.54) is 350 Å². The molecule has 3 heterocycles. The topological polar surface area (TPSA) is 43.4 Å². The summed E-state index contributed by atoms with van der Waals surface area (Å²) in [5.74, 6) is 0.966. The second-order valence-corrected chi connectivity index (χ2v) is 48.1. The van der Waals surface area contributed by atoms with Crippen LogP contribution >= 0.6 is 11.8 Å².